The van der Waals surface area contributed by atoms with Gasteiger partial charge in [0.15, 0.2) is 0 Å². The van der Waals surface area contributed by atoms with Gasteiger partial charge in [0.2, 0.25) is 0 Å². The smallest absolute Gasteiger partial charge is 0.255 e. The van der Waals surface area contributed by atoms with Gasteiger partial charge in [-0.2, -0.15) is 5.10 Å². The molecule has 0 aliphatic carbocycles. The number of anilines is 1. The highest BCUT2D eigenvalue weighted by molar-refractivity contribution is 5.60. The average molecular weight is 266 g/mol. The molecule has 0 saturated heterocycles. The van der Waals surface area contributed by atoms with E-state index in [4.69, 9.17) is 5.73 Å². The predicted octanol–water partition coefficient (Wildman–Crippen LogP) is 1.92. The molecule has 2 aromatic heterocycles. The summed E-state index contributed by atoms with van der Waals surface area (Å²) in [7, 11) is 0. The Morgan fingerprint density at radius 3 is 2.45 bits per heavy atom. The Hall–Kier alpha value is -2.76. The van der Waals surface area contributed by atoms with E-state index in [0.29, 0.717) is 5.95 Å². The third-order valence-electron chi connectivity index (χ3n) is 3.11. The monoisotopic (exact) mass is 266 g/mol. The van der Waals surface area contributed by atoms with Crippen molar-refractivity contribution in [2.75, 3.05) is 5.73 Å². The van der Waals surface area contributed by atoms with Crippen molar-refractivity contribution >= 4 is 5.69 Å². The number of hydrogen-bond donors (Lipinski definition) is 1. The van der Waals surface area contributed by atoms with Crippen LogP contribution >= 0.6 is 0 Å². The lowest BCUT2D eigenvalue weighted by Gasteiger charge is -2.07. The highest BCUT2D eigenvalue weighted by Crippen LogP contribution is 2.20. The Bertz CT molecular complexity index is 745. The SMILES string of the molecule is Cc1nnc(-n2ccnc2-c2ccc(N)cc2)nc1C. The second-order valence-electron chi connectivity index (χ2n) is 4.53. The Morgan fingerprint density at radius 2 is 1.75 bits per heavy atom. The number of imidazole rings is 1. The summed E-state index contributed by atoms with van der Waals surface area (Å²) in [4.78, 5) is 8.80. The lowest BCUT2D eigenvalue weighted by molar-refractivity contribution is 0.818. The molecule has 6 heteroatoms. The van der Waals surface area contributed by atoms with E-state index < -0.39 is 0 Å². The third kappa shape index (κ3) is 2.11. The molecule has 6 nitrogen and oxygen atoms in total. The predicted molar refractivity (Wildman–Crippen MR) is 76.3 cm³/mol. The first-order chi connectivity index (χ1) is 9.65. The topological polar surface area (TPSA) is 82.5 Å². The van der Waals surface area contributed by atoms with Crippen molar-refractivity contribution in [2.45, 2.75) is 13.8 Å². The van der Waals surface area contributed by atoms with Gasteiger partial charge in [0, 0.05) is 23.6 Å². The van der Waals surface area contributed by atoms with Crippen LogP contribution in [0.1, 0.15) is 11.4 Å². The van der Waals surface area contributed by atoms with Gasteiger partial charge in [0.25, 0.3) is 5.95 Å². The average Bonchev–Trinajstić information content (AvgIpc) is 2.92. The maximum absolute atomic E-state index is 5.70. The molecule has 0 saturated carbocycles. The number of nitrogens with two attached hydrogens (primary N) is 1. The molecule has 0 aliphatic heterocycles. The number of nitrogens with zero attached hydrogens (tertiary/aromatic N) is 5. The summed E-state index contributed by atoms with van der Waals surface area (Å²) in [5.74, 6) is 1.27. The fraction of sp³-hybridized carbons (Fsp3) is 0.143. The van der Waals surface area contributed by atoms with E-state index in [1.807, 2.05) is 48.9 Å². The first-order valence-corrected chi connectivity index (χ1v) is 6.23. The zero-order valence-electron chi connectivity index (χ0n) is 11.3. The zero-order valence-corrected chi connectivity index (χ0v) is 11.3. The molecule has 0 radical (unpaired) electrons. The van der Waals surface area contributed by atoms with Crippen molar-refractivity contribution in [3.63, 3.8) is 0 Å². The van der Waals surface area contributed by atoms with Gasteiger partial charge in [-0.25, -0.2) is 9.97 Å². The van der Waals surface area contributed by atoms with Gasteiger partial charge >= 0.3 is 0 Å². The van der Waals surface area contributed by atoms with Crippen molar-refractivity contribution in [1.29, 1.82) is 0 Å². The molecule has 100 valence electrons. The number of nitrogen functional groups attached to an aromatic ring is 1. The molecule has 3 rings (SSSR count). The quantitative estimate of drug-likeness (QED) is 0.716. The van der Waals surface area contributed by atoms with Gasteiger partial charge in [-0.3, -0.25) is 4.57 Å². The van der Waals surface area contributed by atoms with Crippen LogP contribution in [-0.2, 0) is 0 Å². The molecular weight excluding hydrogens is 252 g/mol. The van der Waals surface area contributed by atoms with E-state index in [2.05, 4.69) is 20.2 Å². The molecule has 0 unspecified atom stereocenters. The lowest BCUT2D eigenvalue weighted by Crippen LogP contribution is -2.06. The van der Waals surface area contributed by atoms with Gasteiger partial charge in [-0.05, 0) is 38.1 Å². The van der Waals surface area contributed by atoms with Crippen LogP contribution in [0, 0.1) is 13.8 Å². The van der Waals surface area contributed by atoms with Gasteiger partial charge in [-0.15, -0.1) is 5.10 Å². The normalized spacial score (nSPS) is 10.7. The summed E-state index contributed by atoms with van der Waals surface area (Å²) >= 11 is 0. The minimum Gasteiger partial charge on any atom is -0.399 e. The highest BCUT2D eigenvalue weighted by atomic mass is 15.3. The van der Waals surface area contributed by atoms with Crippen LogP contribution in [0.25, 0.3) is 17.3 Å². The Labute approximate surface area is 116 Å². The fourth-order valence-corrected chi connectivity index (χ4v) is 1.86. The van der Waals surface area contributed by atoms with Gasteiger partial charge in [0.1, 0.15) is 5.82 Å². The van der Waals surface area contributed by atoms with Gasteiger partial charge in [-0.1, -0.05) is 0 Å². The van der Waals surface area contributed by atoms with Crippen molar-refractivity contribution in [2.24, 2.45) is 0 Å². The summed E-state index contributed by atoms with van der Waals surface area (Å²) in [6, 6.07) is 7.52. The number of rotatable bonds is 2. The van der Waals surface area contributed by atoms with E-state index in [1.54, 1.807) is 6.20 Å². The largest absolute Gasteiger partial charge is 0.399 e. The van der Waals surface area contributed by atoms with E-state index >= 15 is 0 Å². The molecule has 0 aliphatic rings. The highest BCUT2D eigenvalue weighted by Gasteiger charge is 2.11. The van der Waals surface area contributed by atoms with E-state index in [1.165, 1.54) is 0 Å². The Morgan fingerprint density at radius 1 is 1.00 bits per heavy atom. The van der Waals surface area contributed by atoms with Gasteiger partial charge in [0.05, 0.1) is 11.4 Å². The van der Waals surface area contributed by atoms with Gasteiger partial charge < -0.3 is 5.73 Å². The molecule has 0 fully saturated rings. The number of aryl methyl sites for hydroxylation is 2. The molecule has 0 amide bonds. The summed E-state index contributed by atoms with van der Waals surface area (Å²) in [6.07, 6.45) is 3.53. The van der Waals surface area contributed by atoms with Crippen molar-refractivity contribution < 1.29 is 0 Å². The summed E-state index contributed by atoms with van der Waals surface area (Å²) < 4.78 is 1.81. The van der Waals surface area contributed by atoms with Crippen molar-refractivity contribution in [1.82, 2.24) is 24.7 Å². The second-order valence-corrected chi connectivity index (χ2v) is 4.53. The first kappa shape index (κ1) is 12.3. The molecule has 1 aromatic carbocycles. The molecule has 0 atom stereocenters. The van der Waals surface area contributed by atoms with Crippen LogP contribution < -0.4 is 5.73 Å². The molecule has 2 heterocycles. The summed E-state index contributed by atoms with van der Waals surface area (Å²) in [6.45, 7) is 3.79. The van der Waals surface area contributed by atoms with Crippen LogP contribution in [0.15, 0.2) is 36.7 Å². The molecular formula is C14H14N6. The first-order valence-electron chi connectivity index (χ1n) is 6.23. The molecule has 0 spiro atoms. The number of hydrogen-bond acceptors (Lipinski definition) is 5. The maximum Gasteiger partial charge on any atom is 0.255 e. The minimum absolute atomic E-state index is 0.512. The van der Waals surface area contributed by atoms with E-state index in [9.17, 15) is 0 Å². The van der Waals surface area contributed by atoms with Crippen molar-refractivity contribution in [3.8, 4) is 17.3 Å². The lowest BCUT2D eigenvalue weighted by atomic mass is 10.2. The van der Waals surface area contributed by atoms with E-state index in [-0.39, 0.29) is 0 Å². The summed E-state index contributed by atoms with van der Waals surface area (Å²) in [5.41, 5.74) is 9.05. The standard InChI is InChI=1S/C14H14N6/c1-9-10(2)18-19-14(17-9)20-8-7-16-13(20)11-3-5-12(15)6-4-11/h3-8H,15H2,1-2H3. The van der Waals surface area contributed by atoms with Crippen LogP contribution in [0.2, 0.25) is 0 Å². The second kappa shape index (κ2) is 4.73. The number of benzene rings is 1. The zero-order chi connectivity index (χ0) is 14.1. The fourth-order valence-electron chi connectivity index (χ4n) is 1.86. The Kier molecular flexibility index (Phi) is 2.90. The minimum atomic E-state index is 0.512. The number of aromatic nitrogens is 5. The van der Waals surface area contributed by atoms with Crippen LogP contribution in [0.3, 0.4) is 0 Å². The molecule has 3 aromatic rings. The van der Waals surface area contributed by atoms with Crippen molar-refractivity contribution in [3.05, 3.63) is 48.0 Å². The summed E-state index contributed by atoms with van der Waals surface area (Å²) in [5, 5.41) is 8.22. The van der Waals surface area contributed by atoms with Crippen LogP contribution in [-0.4, -0.2) is 24.7 Å². The van der Waals surface area contributed by atoms with Crippen LogP contribution in [0.5, 0.6) is 0 Å². The maximum atomic E-state index is 5.70. The molecule has 20 heavy (non-hydrogen) atoms. The molecule has 2 N–H and O–H groups in total. The van der Waals surface area contributed by atoms with E-state index in [0.717, 1.165) is 28.5 Å². The third-order valence-corrected chi connectivity index (χ3v) is 3.11. The Balaban J connectivity index is 2.10. The molecule has 0 bridgehead atoms. The van der Waals surface area contributed by atoms with Crippen LogP contribution in [0.4, 0.5) is 5.69 Å².